The Morgan fingerprint density at radius 1 is 1.16 bits per heavy atom. The lowest BCUT2D eigenvalue weighted by atomic mass is 10.1. The SMILES string of the molecule is NCc1c(-c2ccc(F)cc2Cl)ncn1Cc1ccc2c(c1)OCO2. The maximum absolute atomic E-state index is 13.3. The molecule has 0 spiro atoms. The fourth-order valence-corrected chi connectivity index (χ4v) is 3.16. The topological polar surface area (TPSA) is 62.3 Å². The fraction of sp³-hybridized carbons (Fsp3) is 0.167. The molecular weight excluding hydrogens is 345 g/mol. The van der Waals surface area contributed by atoms with Crippen LogP contribution < -0.4 is 15.2 Å². The molecule has 0 saturated carbocycles. The molecule has 25 heavy (non-hydrogen) atoms. The number of aromatic nitrogens is 2. The molecule has 2 N–H and O–H groups in total. The van der Waals surface area contributed by atoms with Gasteiger partial charge in [0.1, 0.15) is 5.82 Å². The first-order chi connectivity index (χ1) is 12.2. The molecular formula is C18H15ClFN3O2. The molecule has 128 valence electrons. The largest absolute Gasteiger partial charge is 0.454 e. The van der Waals surface area contributed by atoms with Crippen LogP contribution in [0.15, 0.2) is 42.7 Å². The third-order valence-corrected chi connectivity index (χ3v) is 4.43. The molecule has 5 nitrogen and oxygen atoms in total. The molecule has 2 aromatic carbocycles. The van der Waals surface area contributed by atoms with E-state index in [9.17, 15) is 4.39 Å². The van der Waals surface area contributed by atoms with Crippen molar-refractivity contribution in [2.24, 2.45) is 5.73 Å². The number of hydrogen-bond acceptors (Lipinski definition) is 4. The average Bonchev–Trinajstić information content (AvgIpc) is 3.21. The second kappa shape index (κ2) is 6.38. The highest BCUT2D eigenvalue weighted by Gasteiger charge is 2.17. The summed E-state index contributed by atoms with van der Waals surface area (Å²) in [6.45, 7) is 1.10. The minimum atomic E-state index is -0.386. The molecule has 0 atom stereocenters. The first-order valence-corrected chi connectivity index (χ1v) is 8.11. The molecule has 1 aliphatic heterocycles. The number of imidazole rings is 1. The Bertz CT molecular complexity index is 942. The van der Waals surface area contributed by atoms with Gasteiger partial charge in [-0.3, -0.25) is 0 Å². The number of hydrogen-bond donors (Lipinski definition) is 1. The van der Waals surface area contributed by atoms with Crippen LogP contribution in [0.3, 0.4) is 0 Å². The van der Waals surface area contributed by atoms with Gasteiger partial charge in [0.05, 0.1) is 22.7 Å². The number of fused-ring (bicyclic) bond motifs is 1. The lowest BCUT2D eigenvalue weighted by molar-refractivity contribution is 0.174. The number of rotatable bonds is 4. The van der Waals surface area contributed by atoms with E-state index in [2.05, 4.69) is 4.98 Å². The molecule has 1 aromatic heterocycles. The number of ether oxygens (including phenoxy) is 2. The van der Waals surface area contributed by atoms with E-state index in [4.69, 9.17) is 26.8 Å². The summed E-state index contributed by atoms with van der Waals surface area (Å²) < 4.78 is 26.0. The molecule has 4 rings (SSSR count). The maximum atomic E-state index is 13.3. The van der Waals surface area contributed by atoms with Crippen molar-refractivity contribution < 1.29 is 13.9 Å². The molecule has 0 saturated heterocycles. The maximum Gasteiger partial charge on any atom is 0.231 e. The number of benzene rings is 2. The normalized spacial score (nSPS) is 12.6. The van der Waals surface area contributed by atoms with Gasteiger partial charge in [0.25, 0.3) is 0 Å². The average molecular weight is 360 g/mol. The second-order valence-electron chi connectivity index (χ2n) is 5.68. The Hall–Kier alpha value is -2.57. The third-order valence-electron chi connectivity index (χ3n) is 4.12. The first kappa shape index (κ1) is 15.9. The number of nitrogens with zero attached hydrogens (tertiary/aromatic N) is 2. The molecule has 3 aromatic rings. The van der Waals surface area contributed by atoms with Crippen LogP contribution >= 0.6 is 11.6 Å². The molecule has 0 aliphatic carbocycles. The summed E-state index contributed by atoms with van der Waals surface area (Å²) in [7, 11) is 0. The Kier molecular flexibility index (Phi) is 4.07. The van der Waals surface area contributed by atoms with Gasteiger partial charge in [-0.1, -0.05) is 17.7 Å². The van der Waals surface area contributed by atoms with E-state index in [0.717, 1.165) is 22.8 Å². The van der Waals surface area contributed by atoms with Gasteiger partial charge in [-0.15, -0.1) is 0 Å². The minimum absolute atomic E-state index is 0.241. The zero-order chi connectivity index (χ0) is 17.4. The van der Waals surface area contributed by atoms with E-state index in [1.807, 2.05) is 22.8 Å². The van der Waals surface area contributed by atoms with Gasteiger partial charge in [-0.2, -0.15) is 0 Å². The van der Waals surface area contributed by atoms with E-state index in [0.29, 0.717) is 22.8 Å². The highest BCUT2D eigenvalue weighted by atomic mass is 35.5. The quantitative estimate of drug-likeness (QED) is 0.773. The van der Waals surface area contributed by atoms with Crippen molar-refractivity contribution >= 4 is 11.6 Å². The van der Waals surface area contributed by atoms with Gasteiger partial charge in [-0.25, -0.2) is 9.37 Å². The summed E-state index contributed by atoms with van der Waals surface area (Å²) in [5, 5.41) is 0.308. The molecule has 0 amide bonds. The van der Waals surface area contributed by atoms with Crippen LogP contribution in [-0.2, 0) is 13.1 Å². The summed E-state index contributed by atoms with van der Waals surface area (Å²) >= 11 is 6.17. The molecule has 2 heterocycles. The summed E-state index contributed by atoms with van der Waals surface area (Å²) in [6.07, 6.45) is 1.71. The number of halogens is 2. The van der Waals surface area contributed by atoms with Crippen LogP contribution in [0.5, 0.6) is 11.5 Å². The molecule has 0 unspecified atom stereocenters. The van der Waals surface area contributed by atoms with Gasteiger partial charge < -0.3 is 19.8 Å². The van der Waals surface area contributed by atoms with Crippen LogP contribution in [0.1, 0.15) is 11.3 Å². The van der Waals surface area contributed by atoms with E-state index < -0.39 is 0 Å². The zero-order valence-electron chi connectivity index (χ0n) is 13.2. The molecule has 7 heteroatoms. The lowest BCUT2D eigenvalue weighted by Crippen LogP contribution is -2.08. The summed E-state index contributed by atoms with van der Waals surface area (Å²) in [5.41, 5.74) is 9.12. The Labute approximate surface area is 148 Å². The van der Waals surface area contributed by atoms with Crippen LogP contribution in [0.25, 0.3) is 11.3 Å². The summed E-state index contributed by atoms with van der Waals surface area (Å²) in [6, 6.07) is 10.0. The minimum Gasteiger partial charge on any atom is -0.454 e. The van der Waals surface area contributed by atoms with Crippen molar-refractivity contribution in [2.45, 2.75) is 13.1 Å². The third kappa shape index (κ3) is 2.94. The molecule has 0 bridgehead atoms. The van der Waals surface area contributed by atoms with Crippen molar-refractivity contribution in [3.8, 4) is 22.8 Å². The van der Waals surface area contributed by atoms with Crippen LogP contribution in [0.4, 0.5) is 4.39 Å². The fourth-order valence-electron chi connectivity index (χ4n) is 2.90. The Balaban J connectivity index is 1.68. The standard InChI is InChI=1S/C18H15ClFN3O2/c19-14-6-12(20)2-3-13(14)18-15(7-21)23(9-22-18)8-11-1-4-16-17(5-11)25-10-24-16/h1-6,9H,7-8,10,21H2. The lowest BCUT2D eigenvalue weighted by Gasteiger charge is -2.10. The zero-order valence-corrected chi connectivity index (χ0v) is 14.0. The molecule has 0 radical (unpaired) electrons. The Morgan fingerprint density at radius 3 is 2.80 bits per heavy atom. The molecule has 0 fully saturated rings. The highest BCUT2D eigenvalue weighted by molar-refractivity contribution is 6.33. The highest BCUT2D eigenvalue weighted by Crippen LogP contribution is 2.34. The van der Waals surface area contributed by atoms with Gasteiger partial charge in [0.2, 0.25) is 6.79 Å². The van der Waals surface area contributed by atoms with Gasteiger partial charge in [0.15, 0.2) is 11.5 Å². The van der Waals surface area contributed by atoms with Crippen molar-refractivity contribution in [3.63, 3.8) is 0 Å². The van der Waals surface area contributed by atoms with Crippen LogP contribution in [-0.4, -0.2) is 16.3 Å². The van der Waals surface area contributed by atoms with Crippen molar-refractivity contribution in [2.75, 3.05) is 6.79 Å². The predicted molar refractivity (Wildman–Crippen MR) is 92.2 cm³/mol. The van der Waals surface area contributed by atoms with Crippen molar-refractivity contribution in [1.82, 2.24) is 9.55 Å². The van der Waals surface area contributed by atoms with Crippen LogP contribution in [0.2, 0.25) is 5.02 Å². The smallest absolute Gasteiger partial charge is 0.231 e. The van der Waals surface area contributed by atoms with Gasteiger partial charge in [-0.05, 0) is 35.9 Å². The van der Waals surface area contributed by atoms with Gasteiger partial charge >= 0.3 is 0 Å². The number of nitrogens with two attached hydrogens (primary N) is 1. The van der Waals surface area contributed by atoms with Crippen molar-refractivity contribution in [3.05, 3.63) is 64.8 Å². The Morgan fingerprint density at radius 2 is 2.00 bits per heavy atom. The van der Waals surface area contributed by atoms with E-state index in [1.54, 1.807) is 12.4 Å². The first-order valence-electron chi connectivity index (χ1n) is 7.73. The van der Waals surface area contributed by atoms with E-state index in [-0.39, 0.29) is 19.2 Å². The van der Waals surface area contributed by atoms with Crippen molar-refractivity contribution in [1.29, 1.82) is 0 Å². The molecule has 1 aliphatic rings. The van der Waals surface area contributed by atoms with E-state index in [1.165, 1.54) is 12.1 Å². The monoisotopic (exact) mass is 359 g/mol. The predicted octanol–water partition coefficient (Wildman–Crippen LogP) is 3.58. The van der Waals surface area contributed by atoms with Crippen LogP contribution in [0, 0.1) is 5.82 Å². The van der Waals surface area contributed by atoms with E-state index >= 15 is 0 Å². The van der Waals surface area contributed by atoms with Gasteiger partial charge in [0, 0.05) is 18.7 Å². The summed E-state index contributed by atoms with van der Waals surface area (Å²) in [4.78, 5) is 4.44. The second-order valence-corrected chi connectivity index (χ2v) is 6.09. The summed E-state index contributed by atoms with van der Waals surface area (Å²) in [5.74, 6) is 1.09.